The molecule has 0 heterocycles. The van der Waals surface area contributed by atoms with E-state index in [4.69, 9.17) is 11.6 Å². The molecule has 0 amide bonds. The summed E-state index contributed by atoms with van der Waals surface area (Å²) in [4.78, 5) is 0.227. The predicted molar refractivity (Wildman–Crippen MR) is 85.7 cm³/mol. The predicted octanol–water partition coefficient (Wildman–Crippen LogP) is 6.09. The fourth-order valence-electron chi connectivity index (χ4n) is 1.80. The number of hydrogen-bond donors (Lipinski definition) is 0. The molecule has 3 heteroatoms. The van der Waals surface area contributed by atoms with Crippen LogP contribution in [0.2, 0.25) is 5.02 Å². The number of aryl methyl sites for hydroxylation is 1. The van der Waals surface area contributed by atoms with Gasteiger partial charge < -0.3 is 0 Å². The van der Waals surface area contributed by atoms with Crippen LogP contribution in [-0.4, -0.2) is 0 Å². The zero-order chi connectivity index (χ0) is 13.1. The molecule has 0 aromatic heterocycles. The summed E-state index contributed by atoms with van der Waals surface area (Å²) in [6.45, 7) is 2.10. The van der Waals surface area contributed by atoms with Gasteiger partial charge in [-0.3, -0.25) is 0 Å². The van der Waals surface area contributed by atoms with Crippen LogP contribution in [0.5, 0.6) is 0 Å². The Hall–Kier alpha value is -0.310. The lowest BCUT2D eigenvalue weighted by Gasteiger charge is -2.13. The van der Waals surface area contributed by atoms with E-state index in [9.17, 15) is 0 Å². The lowest BCUT2D eigenvalue weighted by Crippen LogP contribution is -1.96. The highest BCUT2D eigenvalue weighted by molar-refractivity contribution is 9.10. The average molecular weight is 389 g/mol. The van der Waals surface area contributed by atoms with Crippen molar-refractivity contribution >= 4 is 43.5 Å². The van der Waals surface area contributed by atoms with Crippen LogP contribution >= 0.6 is 43.5 Å². The maximum atomic E-state index is 6.23. The number of rotatable bonds is 3. The summed E-state index contributed by atoms with van der Waals surface area (Å²) in [6, 6.07) is 14.5. The Morgan fingerprint density at radius 3 is 2.44 bits per heavy atom. The van der Waals surface area contributed by atoms with Gasteiger partial charge in [0.15, 0.2) is 0 Å². The van der Waals surface area contributed by atoms with Crippen molar-refractivity contribution in [3.05, 3.63) is 68.7 Å². The van der Waals surface area contributed by atoms with Crippen molar-refractivity contribution in [1.29, 1.82) is 0 Å². The molecule has 2 aromatic carbocycles. The van der Waals surface area contributed by atoms with Crippen molar-refractivity contribution in [3.8, 4) is 0 Å². The number of halogens is 3. The smallest absolute Gasteiger partial charge is 0.0450 e. The lowest BCUT2D eigenvalue weighted by molar-refractivity contribution is 0.947. The Labute approximate surface area is 130 Å². The molecule has 2 rings (SSSR count). The molecule has 0 N–H and O–H groups in total. The molecule has 94 valence electrons. The van der Waals surface area contributed by atoms with Crippen LogP contribution in [0.15, 0.2) is 46.9 Å². The van der Waals surface area contributed by atoms with Crippen molar-refractivity contribution in [2.75, 3.05) is 0 Å². The highest BCUT2D eigenvalue weighted by atomic mass is 79.9. The quantitative estimate of drug-likeness (QED) is 0.558. The average Bonchev–Trinajstić information content (AvgIpc) is 2.35. The van der Waals surface area contributed by atoms with Gasteiger partial charge in [-0.1, -0.05) is 73.3 Å². The fourth-order valence-corrected chi connectivity index (χ4v) is 3.31. The van der Waals surface area contributed by atoms with Crippen LogP contribution in [0.1, 0.15) is 21.5 Å². The SMILES string of the molecule is Cc1ccc(CC(Br)c2cc(Br)ccc2Cl)cc1. The molecule has 2 aromatic rings. The van der Waals surface area contributed by atoms with E-state index in [-0.39, 0.29) is 4.83 Å². The van der Waals surface area contributed by atoms with Gasteiger partial charge in [0.25, 0.3) is 0 Å². The van der Waals surface area contributed by atoms with E-state index in [1.165, 1.54) is 11.1 Å². The van der Waals surface area contributed by atoms with Crippen LogP contribution in [0, 0.1) is 6.92 Å². The second kappa shape index (κ2) is 6.23. The molecule has 0 saturated carbocycles. The largest absolute Gasteiger partial charge is 0.0840 e. The normalized spacial score (nSPS) is 12.4. The summed E-state index contributed by atoms with van der Waals surface area (Å²) in [6.07, 6.45) is 0.927. The Bertz CT molecular complexity index is 535. The first kappa shape index (κ1) is 14.1. The minimum Gasteiger partial charge on any atom is -0.0840 e. The molecule has 0 radical (unpaired) electrons. The van der Waals surface area contributed by atoms with E-state index in [1.54, 1.807) is 0 Å². The second-order valence-electron chi connectivity index (χ2n) is 4.32. The highest BCUT2D eigenvalue weighted by Gasteiger charge is 2.12. The van der Waals surface area contributed by atoms with E-state index < -0.39 is 0 Å². The van der Waals surface area contributed by atoms with Crippen molar-refractivity contribution in [2.24, 2.45) is 0 Å². The van der Waals surface area contributed by atoms with Gasteiger partial charge in [0.1, 0.15) is 0 Å². The fraction of sp³-hybridized carbons (Fsp3) is 0.200. The van der Waals surface area contributed by atoms with Gasteiger partial charge in [-0.15, -0.1) is 0 Å². The lowest BCUT2D eigenvalue weighted by atomic mass is 10.0. The zero-order valence-corrected chi connectivity index (χ0v) is 13.9. The van der Waals surface area contributed by atoms with Crippen LogP contribution in [0.3, 0.4) is 0 Å². The first-order chi connectivity index (χ1) is 8.56. The van der Waals surface area contributed by atoms with Crippen molar-refractivity contribution in [1.82, 2.24) is 0 Å². The summed E-state index contributed by atoms with van der Waals surface area (Å²) in [5.74, 6) is 0. The molecule has 0 aliphatic carbocycles. The van der Waals surface area contributed by atoms with Gasteiger partial charge in [-0.05, 0) is 42.7 Å². The summed E-state index contributed by atoms with van der Waals surface area (Å²) < 4.78 is 1.05. The Morgan fingerprint density at radius 1 is 1.11 bits per heavy atom. The molecule has 0 nitrogen and oxygen atoms in total. The number of hydrogen-bond acceptors (Lipinski definition) is 0. The van der Waals surface area contributed by atoms with Crippen LogP contribution < -0.4 is 0 Å². The Balaban J connectivity index is 2.18. The van der Waals surface area contributed by atoms with E-state index >= 15 is 0 Å². The van der Waals surface area contributed by atoms with Gasteiger partial charge >= 0.3 is 0 Å². The van der Waals surface area contributed by atoms with E-state index in [0.29, 0.717) is 0 Å². The maximum Gasteiger partial charge on any atom is 0.0450 e. The Morgan fingerprint density at radius 2 is 1.78 bits per heavy atom. The monoisotopic (exact) mass is 386 g/mol. The third kappa shape index (κ3) is 3.59. The van der Waals surface area contributed by atoms with Crippen LogP contribution in [0.4, 0.5) is 0 Å². The van der Waals surface area contributed by atoms with Crippen LogP contribution in [-0.2, 0) is 6.42 Å². The summed E-state index contributed by atoms with van der Waals surface area (Å²) >= 11 is 13.4. The molecule has 0 spiro atoms. The van der Waals surface area contributed by atoms with Gasteiger partial charge in [-0.25, -0.2) is 0 Å². The summed E-state index contributed by atoms with van der Waals surface area (Å²) in [5.41, 5.74) is 3.70. The van der Waals surface area contributed by atoms with Gasteiger partial charge in [0.2, 0.25) is 0 Å². The summed E-state index contributed by atoms with van der Waals surface area (Å²) in [5, 5.41) is 0.798. The number of benzene rings is 2. The molecule has 0 bridgehead atoms. The molecular weight excluding hydrogens is 375 g/mol. The molecule has 18 heavy (non-hydrogen) atoms. The van der Waals surface area contributed by atoms with Crippen molar-refractivity contribution < 1.29 is 0 Å². The first-order valence-corrected chi connectivity index (χ1v) is 7.79. The van der Waals surface area contributed by atoms with Crippen LogP contribution in [0.25, 0.3) is 0 Å². The third-order valence-electron chi connectivity index (χ3n) is 2.83. The van der Waals surface area contributed by atoms with E-state index in [0.717, 1.165) is 21.5 Å². The topological polar surface area (TPSA) is 0 Å². The second-order valence-corrected chi connectivity index (χ2v) is 6.75. The van der Waals surface area contributed by atoms with E-state index in [2.05, 4.69) is 69.1 Å². The van der Waals surface area contributed by atoms with Gasteiger partial charge in [0.05, 0.1) is 0 Å². The minimum atomic E-state index is 0.227. The zero-order valence-electron chi connectivity index (χ0n) is 9.96. The minimum absolute atomic E-state index is 0.227. The highest BCUT2D eigenvalue weighted by Crippen LogP contribution is 2.34. The first-order valence-electron chi connectivity index (χ1n) is 5.71. The third-order valence-corrected chi connectivity index (χ3v) is 4.49. The van der Waals surface area contributed by atoms with Gasteiger partial charge in [-0.2, -0.15) is 0 Å². The molecule has 0 saturated heterocycles. The van der Waals surface area contributed by atoms with Crippen molar-refractivity contribution in [3.63, 3.8) is 0 Å². The van der Waals surface area contributed by atoms with E-state index in [1.807, 2.05) is 12.1 Å². The molecule has 1 atom stereocenters. The molecular formula is C15H13Br2Cl. The summed E-state index contributed by atoms with van der Waals surface area (Å²) in [7, 11) is 0. The standard InChI is InChI=1S/C15H13Br2Cl/c1-10-2-4-11(5-3-10)8-14(17)13-9-12(16)6-7-15(13)18/h2-7,9,14H,8H2,1H3. The molecule has 0 fully saturated rings. The Kier molecular flexibility index (Phi) is 4.88. The van der Waals surface area contributed by atoms with Gasteiger partial charge in [0, 0.05) is 14.3 Å². The molecule has 1 unspecified atom stereocenters. The molecule has 0 aliphatic rings. The van der Waals surface area contributed by atoms with Crippen molar-refractivity contribution in [2.45, 2.75) is 18.2 Å². The number of alkyl halides is 1. The maximum absolute atomic E-state index is 6.23. The molecule has 0 aliphatic heterocycles.